The van der Waals surface area contributed by atoms with E-state index in [1.165, 1.54) is 6.08 Å². The Morgan fingerprint density at radius 3 is 2.71 bits per heavy atom. The number of carbonyl (C=O) groups is 1. The van der Waals surface area contributed by atoms with Crippen LogP contribution in [-0.4, -0.2) is 36.4 Å². The van der Waals surface area contributed by atoms with E-state index in [4.69, 9.17) is 0 Å². The van der Waals surface area contributed by atoms with Crippen LogP contribution in [0.25, 0.3) is 0 Å². The Hall–Kier alpha value is -0.870. The maximum atomic E-state index is 10.8. The van der Waals surface area contributed by atoms with Crippen molar-refractivity contribution in [3.05, 3.63) is 12.2 Å². The van der Waals surface area contributed by atoms with Crippen molar-refractivity contribution in [2.45, 2.75) is 26.4 Å². The van der Waals surface area contributed by atoms with Gasteiger partial charge >= 0.3 is 5.97 Å². The molecule has 0 heterocycles. The molecule has 82 valence electrons. The average molecular weight is 201 g/mol. The molecule has 0 aliphatic heterocycles. The van der Waals surface area contributed by atoms with Gasteiger partial charge in [0.05, 0.1) is 12.2 Å². The molecular weight excluding hydrogens is 182 g/mol. The summed E-state index contributed by atoms with van der Waals surface area (Å²) >= 11 is 0. The Morgan fingerprint density at radius 1 is 1.57 bits per heavy atom. The van der Waals surface area contributed by atoms with Crippen molar-refractivity contribution >= 4 is 5.97 Å². The summed E-state index contributed by atoms with van der Waals surface area (Å²) in [5.74, 6) is -0.336. The minimum Gasteiger partial charge on any atom is -0.463 e. The van der Waals surface area contributed by atoms with Gasteiger partial charge in [0.25, 0.3) is 0 Å². The highest BCUT2D eigenvalue weighted by molar-refractivity contribution is 5.81. The van der Waals surface area contributed by atoms with E-state index in [0.29, 0.717) is 19.7 Å². The van der Waals surface area contributed by atoms with E-state index in [2.05, 4.69) is 10.1 Å². The lowest BCUT2D eigenvalue weighted by Gasteiger charge is -2.16. The van der Waals surface area contributed by atoms with Crippen molar-refractivity contribution in [3.8, 4) is 0 Å². The molecule has 0 unspecified atom stereocenters. The molecule has 0 aliphatic rings. The number of hydrogen-bond donors (Lipinski definition) is 2. The van der Waals surface area contributed by atoms with Crippen LogP contribution >= 0.6 is 0 Å². The van der Waals surface area contributed by atoms with Gasteiger partial charge in [0, 0.05) is 19.2 Å². The SMILES string of the molecule is CCOC(=O)/C=C/CNCC(C)(C)O. The lowest BCUT2D eigenvalue weighted by molar-refractivity contribution is -0.137. The van der Waals surface area contributed by atoms with Crippen molar-refractivity contribution in [2.75, 3.05) is 19.7 Å². The first-order valence-corrected chi connectivity index (χ1v) is 4.72. The lowest BCUT2D eigenvalue weighted by Crippen LogP contribution is -2.34. The van der Waals surface area contributed by atoms with Gasteiger partial charge in [0.2, 0.25) is 0 Å². The van der Waals surface area contributed by atoms with Crippen LogP contribution in [0.3, 0.4) is 0 Å². The maximum Gasteiger partial charge on any atom is 0.330 e. The van der Waals surface area contributed by atoms with Crippen LogP contribution in [0, 0.1) is 0 Å². The number of nitrogens with one attached hydrogen (secondary N) is 1. The van der Waals surface area contributed by atoms with E-state index in [-0.39, 0.29) is 5.97 Å². The summed E-state index contributed by atoms with van der Waals surface area (Å²) in [7, 11) is 0. The molecule has 0 spiro atoms. The number of aliphatic hydroxyl groups is 1. The fourth-order valence-corrected chi connectivity index (χ4v) is 0.807. The van der Waals surface area contributed by atoms with Gasteiger partial charge in [-0.2, -0.15) is 0 Å². The van der Waals surface area contributed by atoms with Crippen LogP contribution in [-0.2, 0) is 9.53 Å². The zero-order chi connectivity index (χ0) is 11.0. The monoisotopic (exact) mass is 201 g/mol. The minimum absolute atomic E-state index is 0.336. The molecule has 14 heavy (non-hydrogen) atoms. The molecule has 0 aliphatic carbocycles. The van der Waals surface area contributed by atoms with Gasteiger partial charge in [-0.25, -0.2) is 4.79 Å². The van der Waals surface area contributed by atoms with E-state index >= 15 is 0 Å². The molecule has 0 fully saturated rings. The van der Waals surface area contributed by atoms with E-state index in [1.807, 2.05) is 0 Å². The number of esters is 1. The Morgan fingerprint density at radius 2 is 2.21 bits per heavy atom. The van der Waals surface area contributed by atoms with Crippen LogP contribution in [0.15, 0.2) is 12.2 Å². The summed E-state index contributed by atoms with van der Waals surface area (Å²) in [5, 5.41) is 12.3. The number of carbonyl (C=O) groups excluding carboxylic acids is 1. The summed E-state index contributed by atoms with van der Waals surface area (Å²) < 4.78 is 4.69. The molecular formula is C10H19NO3. The van der Waals surface area contributed by atoms with Gasteiger partial charge in [-0.3, -0.25) is 0 Å². The summed E-state index contributed by atoms with van der Waals surface area (Å²) in [4.78, 5) is 10.8. The van der Waals surface area contributed by atoms with Crippen molar-refractivity contribution in [3.63, 3.8) is 0 Å². The fourth-order valence-electron chi connectivity index (χ4n) is 0.807. The molecule has 0 radical (unpaired) electrons. The highest BCUT2D eigenvalue weighted by atomic mass is 16.5. The van der Waals surface area contributed by atoms with Gasteiger partial charge in [-0.15, -0.1) is 0 Å². The molecule has 0 amide bonds. The van der Waals surface area contributed by atoms with Gasteiger partial charge in [0.1, 0.15) is 0 Å². The molecule has 0 saturated heterocycles. The predicted octanol–water partition coefficient (Wildman–Crippen LogP) is 0.466. The first-order chi connectivity index (χ1) is 6.45. The van der Waals surface area contributed by atoms with Crippen LogP contribution in [0.1, 0.15) is 20.8 Å². The Balaban J connectivity index is 3.49. The maximum absolute atomic E-state index is 10.8. The topological polar surface area (TPSA) is 58.6 Å². The second-order valence-electron chi connectivity index (χ2n) is 3.60. The molecule has 4 heteroatoms. The van der Waals surface area contributed by atoms with E-state index in [1.54, 1.807) is 26.8 Å². The molecule has 0 atom stereocenters. The van der Waals surface area contributed by atoms with E-state index in [0.717, 1.165) is 0 Å². The Kier molecular flexibility index (Phi) is 6.16. The van der Waals surface area contributed by atoms with Crippen molar-refractivity contribution in [1.82, 2.24) is 5.32 Å². The van der Waals surface area contributed by atoms with E-state index in [9.17, 15) is 9.90 Å². The molecule has 0 bridgehead atoms. The Bertz CT molecular complexity index is 194. The molecule has 2 N–H and O–H groups in total. The molecule has 4 nitrogen and oxygen atoms in total. The first-order valence-electron chi connectivity index (χ1n) is 4.72. The summed E-state index contributed by atoms with van der Waals surface area (Å²) in [6.45, 7) is 6.62. The molecule has 0 aromatic rings. The second kappa shape index (κ2) is 6.56. The van der Waals surface area contributed by atoms with Crippen LogP contribution in [0.4, 0.5) is 0 Å². The number of ether oxygens (including phenoxy) is 1. The molecule has 0 aromatic carbocycles. The third kappa shape index (κ3) is 9.22. The average Bonchev–Trinajstić information content (AvgIpc) is 2.02. The molecule has 0 aromatic heterocycles. The van der Waals surface area contributed by atoms with Gasteiger partial charge < -0.3 is 15.2 Å². The van der Waals surface area contributed by atoms with Gasteiger partial charge in [-0.05, 0) is 20.8 Å². The van der Waals surface area contributed by atoms with Crippen molar-refractivity contribution < 1.29 is 14.6 Å². The number of hydrogen-bond acceptors (Lipinski definition) is 4. The third-order valence-corrected chi connectivity index (χ3v) is 1.36. The van der Waals surface area contributed by atoms with E-state index < -0.39 is 5.60 Å². The zero-order valence-corrected chi connectivity index (χ0v) is 9.04. The van der Waals surface area contributed by atoms with Crippen molar-refractivity contribution in [1.29, 1.82) is 0 Å². The predicted molar refractivity (Wildman–Crippen MR) is 54.9 cm³/mol. The fraction of sp³-hybridized carbons (Fsp3) is 0.700. The quantitative estimate of drug-likeness (QED) is 0.372. The molecule has 0 saturated carbocycles. The normalized spacial score (nSPS) is 12.0. The standard InChI is InChI=1S/C10H19NO3/c1-4-14-9(12)6-5-7-11-8-10(2,3)13/h5-6,11,13H,4,7-8H2,1-3H3/b6-5+. The smallest absolute Gasteiger partial charge is 0.330 e. The van der Waals surface area contributed by atoms with Crippen molar-refractivity contribution in [2.24, 2.45) is 0 Å². The van der Waals surface area contributed by atoms with Crippen LogP contribution in [0.5, 0.6) is 0 Å². The highest BCUT2D eigenvalue weighted by Crippen LogP contribution is 1.96. The third-order valence-electron chi connectivity index (χ3n) is 1.36. The zero-order valence-electron chi connectivity index (χ0n) is 9.04. The lowest BCUT2D eigenvalue weighted by atomic mass is 10.1. The summed E-state index contributed by atoms with van der Waals surface area (Å²) in [6, 6.07) is 0. The summed E-state index contributed by atoms with van der Waals surface area (Å²) in [6.07, 6.45) is 3.05. The number of rotatable bonds is 6. The first kappa shape index (κ1) is 13.1. The van der Waals surface area contributed by atoms with Gasteiger partial charge in [-0.1, -0.05) is 6.08 Å². The second-order valence-corrected chi connectivity index (χ2v) is 3.60. The minimum atomic E-state index is -0.724. The van der Waals surface area contributed by atoms with Gasteiger partial charge in [0.15, 0.2) is 0 Å². The summed E-state index contributed by atoms with van der Waals surface area (Å²) in [5.41, 5.74) is -0.724. The van der Waals surface area contributed by atoms with Crippen LogP contribution in [0.2, 0.25) is 0 Å². The highest BCUT2D eigenvalue weighted by Gasteiger charge is 2.09. The largest absolute Gasteiger partial charge is 0.463 e. The molecule has 0 rings (SSSR count). The Labute approximate surface area is 85.0 Å². The van der Waals surface area contributed by atoms with Crippen LogP contribution < -0.4 is 5.32 Å².